The van der Waals surface area contributed by atoms with Crippen molar-refractivity contribution in [1.29, 1.82) is 0 Å². The van der Waals surface area contributed by atoms with Crippen molar-refractivity contribution in [2.45, 2.75) is 17.7 Å². The molecule has 0 saturated heterocycles. The summed E-state index contributed by atoms with van der Waals surface area (Å²) in [6.07, 6.45) is 1.46. The summed E-state index contributed by atoms with van der Waals surface area (Å²) < 4.78 is 26.2. The van der Waals surface area contributed by atoms with Crippen LogP contribution < -0.4 is 4.31 Å². The van der Waals surface area contributed by atoms with E-state index in [4.69, 9.17) is 11.6 Å². The summed E-state index contributed by atoms with van der Waals surface area (Å²) in [5, 5.41) is 0. The zero-order valence-corrected chi connectivity index (χ0v) is 12.3. The van der Waals surface area contributed by atoms with Crippen LogP contribution in [0.25, 0.3) is 0 Å². The molecular formula is C13H15ClN2O2S. The Labute approximate surface area is 118 Å². The molecule has 1 N–H and O–H groups in total. The molecule has 0 bridgehead atoms. The molecule has 2 rings (SSSR count). The van der Waals surface area contributed by atoms with Crippen LogP contribution in [-0.2, 0) is 15.9 Å². The smallest absolute Gasteiger partial charge is 0.265 e. The van der Waals surface area contributed by atoms with E-state index < -0.39 is 10.0 Å². The lowest BCUT2D eigenvalue weighted by Crippen LogP contribution is -2.26. The highest BCUT2D eigenvalue weighted by molar-refractivity contribution is 7.92. The van der Waals surface area contributed by atoms with E-state index in [1.807, 2.05) is 25.1 Å². The Balaban J connectivity index is 2.42. The second kappa shape index (κ2) is 5.27. The first kappa shape index (κ1) is 14.0. The van der Waals surface area contributed by atoms with Crippen LogP contribution in [-0.4, -0.2) is 20.4 Å². The fraction of sp³-hybridized carbons (Fsp3) is 0.231. The molecule has 4 nitrogen and oxygen atoms in total. The van der Waals surface area contributed by atoms with Crippen molar-refractivity contribution in [2.75, 3.05) is 11.4 Å². The molecule has 6 heteroatoms. The van der Waals surface area contributed by atoms with Crippen LogP contribution >= 0.6 is 11.6 Å². The third kappa shape index (κ3) is 2.62. The van der Waals surface area contributed by atoms with E-state index in [1.54, 1.807) is 19.2 Å². The summed E-state index contributed by atoms with van der Waals surface area (Å²) in [5.74, 6) is 0.254. The van der Waals surface area contributed by atoms with Gasteiger partial charge in [-0.2, -0.15) is 0 Å². The normalized spacial score (nSPS) is 11.5. The van der Waals surface area contributed by atoms with Crippen molar-refractivity contribution >= 4 is 27.3 Å². The lowest BCUT2D eigenvalue weighted by molar-refractivity contribution is 0.594. The number of benzene rings is 1. The Kier molecular flexibility index (Phi) is 3.87. The van der Waals surface area contributed by atoms with Crippen LogP contribution in [0.15, 0.2) is 41.4 Å². The van der Waals surface area contributed by atoms with Crippen molar-refractivity contribution in [2.24, 2.45) is 0 Å². The number of alkyl halides is 1. The monoisotopic (exact) mass is 298 g/mol. The van der Waals surface area contributed by atoms with Crippen LogP contribution in [0.5, 0.6) is 0 Å². The van der Waals surface area contributed by atoms with E-state index in [2.05, 4.69) is 4.98 Å². The summed E-state index contributed by atoms with van der Waals surface area (Å²) in [7, 11) is -2.01. The number of halogens is 1. The van der Waals surface area contributed by atoms with E-state index >= 15 is 0 Å². The molecule has 0 spiro atoms. The molecule has 0 saturated carbocycles. The predicted molar refractivity (Wildman–Crippen MR) is 77.1 cm³/mol. The summed E-state index contributed by atoms with van der Waals surface area (Å²) >= 11 is 5.67. The Morgan fingerprint density at radius 3 is 2.58 bits per heavy atom. The first-order chi connectivity index (χ1) is 8.96. The van der Waals surface area contributed by atoms with Gasteiger partial charge >= 0.3 is 0 Å². The van der Waals surface area contributed by atoms with E-state index in [-0.39, 0.29) is 10.8 Å². The largest absolute Gasteiger partial charge is 0.363 e. The summed E-state index contributed by atoms with van der Waals surface area (Å²) in [6, 6.07) is 8.90. The maximum Gasteiger partial charge on any atom is 0.265 e. The van der Waals surface area contributed by atoms with E-state index in [0.29, 0.717) is 11.4 Å². The Hall–Kier alpha value is -1.46. The molecular weight excluding hydrogens is 284 g/mol. The second-order valence-corrected chi connectivity index (χ2v) is 6.49. The number of nitrogens with one attached hydrogen (secondary N) is 1. The molecule has 0 aliphatic carbocycles. The van der Waals surface area contributed by atoms with Gasteiger partial charge < -0.3 is 4.98 Å². The number of aromatic amines is 1. The van der Waals surface area contributed by atoms with Gasteiger partial charge in [0, 0.05) is 18.9 Å². The number of anilines is 1. The highest BCUT2D eigenvalue weighted by atomic mass is 35.5. The zero-order chi connectivity index (χ0) is 14.0. The average Bonchev–Trinajstić information content (AvgIpc) is 2.88. The van der Waals surface area contributed by atoms with Crippen molar-refractivity contribution in [1.82, 2.24) is 4.98 Å². The van der Waals surface area contributed by atoms with Crippen molar-refractivity contribution in [3.8, 4) is 0 Å². The average molecular weight is 299 g/mol. The quantitative estimate of drug-likeness (QED) is 0.883. The molecule has 1 heterocycles. The molecule has 2 aromatic rings. The zero-order valence-electron chi connectivity index (χ0n) is 10.7. The van der Waals surface area contributed by atoms with E-state index in [0.717, 1.165) is 5.56 Å². The van der Waals surface area contributed by atoms with Crippen LogP contribution in [0.3, 0.4) is 0 Å². The van der Waals surface area contributed by atoms with Gasteiger partial charge in [-0.15, -0.1) is 11.6 Å². The molecule has 1 aromatic heterocycles. The van der Waals surface area contributed by atoms with E-state index in [9.17, 15) is 8.42 Å². The molecule has 0 radical (unpaired) electrons. The van der Waals surface area contributed by atoms with Gasteiger partial charge in [0.05, 0.1) is 11.6 Å². The first-order valence-electron chi connectivity index (χ1n) is 5.74. The minimum Gasteiger partial charge on any atom is -0.363 e. The van der Waals surface area contributed by atoms with Gasteiger partial charge in [-0.05, 0) is 24.6 Å². The lowest BCUT2D eigenvalue weighted by atomic mass is 10.2. The van der Waals surface area contributed by atoms with Gasteiger partial charge in [-0.25, -0.2) is 8.42 Å². The fourth-order valence-electron chi connectivity index (χ4n) is 1.85. The fourth-order valence-corrected chi connectivity index (χ4v) is 3.28. The SMILES string of the molecule is Cc1ccccc1N(C)S(=O)(=O)c1c[nH]c(CCl)c1. The van der Waals surface area contributed by atoms with Gasteiger partial charge in [0.2, 0.25) is 0 Å². The van der Waals surface area contributed by atoms with Crippen molar-refractivity contribution in [3.05, 3.63) is 47.8 Å². The van der Waals surface area contributed by atoms with Gasteiger partial charge in [-0.1, -0.05) is 18.2 Å². The number of nitrogens with zero attached hydrogens (tertiary/aromatic N) is 1. The van der Waals surface area contributed by atoms with Crippen LogP contribution in [0.4, 0.5) is 5.69 Å². The number of hydrogen-bond donors (Lipinski definition) is 1. The number of sulfonamides is 1. The third-order valence-electron chi connectivity index (χ3n) is 2.97. The van der Waals surface area contributed by atoms with Gasteiger partial charge in [0.1, 0.15) is 4.90 Å². The third-order valence-corrected chi connectivity index (χ3v) is 5.01. The minimum absolute atomic E-state index is 0.217. The van der Waals surface area contributed by atoms with Gasteiger partial charge in [0.15, 0.2) is 0 Å². The molecule has 0 fully saturated rings. The first-order valence-corrected chi connectivity index (χ1v) is 7.72. The topological polar surface area (TPSA) is 53.2 Å². The summed E-state index contributed by atoms with van der Waals surface area (Å²) in [6.45, 7) is 1.88. The number of aromatic nitrogens is 1. The van der Waals surface area contributed by atoms with Crippen LogP contribution in [0.1, 0.15) is 11.3 Å². The molecule has 0 amide bonds. The highest BCUT2D eigenvalue weighted by Gasteiger charge is 2.23. The van der Waals surface area contributed by atoms with Crippen LogP contribution in [0.2, 0.25) is 0 Å². The summed E-state index contributed by atoms with van der Waals surface area (Å²) in [4.78, 5) is 3.06. The number of para-hydroxylation sites is 1. The Bertz CT molecular complexity index is 679. The van der Waals surface area contributed by atoms with Crippen molar-refractivity contribution < 1.29 is 8.42 Å². The molecule has 0 aliphatic rings. The standard InChI is InChI=1S/C13H15ClN2O2S/c1-10-5-3-4-6-13(10)16(2)19(17,18)12-7-11(8-14)15-9-12/h3-7,9,15H,8H2,1-2H3. The highest BCUT2D eigenvalue weighted by Crippen LogP contribution is 2.25. The number of H-pyrrole nitrogens is 1. The summed E-state index contributed by atoms with van der Waals surface area (Å²) in [5.41, 5.74) is 2.25. The number of hydrogen-bond acceptors (Lipinski definition) is 2. The van der Waals surface area contributed by atoms with Crippen molar-refractivity contribution in [3.63, 3.8) is 0 Å². The molecule has 19 heavy (non-hydrogen) atoms. The maximum atomic E-state index is 12.5. The number of aryl methyl sites for hydroxylation is 1. The lowest BCUT2D eigenvalue weighted by Gasteiger charge is -2.20. The minimum atomic E-state index is -3.56. The number of rotatable bonds is 4. The predicted octanol–water partition coefficient (Wildman–Crippen LogP) is 2.89. The molecule has 1 aromatic carbocycles. The van der Waals surface area contributed by atoms with Gasteiger partial charge in [-0.3, -0.25) is 4.31 Å². The maximum absolute atomic E-state index is 12.5. The molecule has 0 atom stereocenters. The molecule has 0 unspecified atom stereocenters. The van der Waals surface area contributed by atoms with Crippen LogP contribution in [0, 0.1) is 6.92 Å². The molecule has 102 valence electrons. The van der Waals surface area contributed by atoms with E-state index in [1.165, 1.54) is 10.5 Å². The Morgan fingerprint density at radius 1 is 1.32 bits per heavy atom. The molecule has 0 aliphatic heterocycles. The second-order valence-electron chi connectivity index (χ2n) is 4.25. The Morgan fingerprint density at radius 2 is 2.00 bits per heavy atom. The van der Waals surface area contributed by atoms with Gasteiger partial charge in [0.25, 0.3) is 10.0 Å².